The van der Waals surface area contributed by atoms with E-state index in [1.807, 2.05) is 18.2 Å². The topological polar surface area (TPSA) is 12.0 Å². The first kappa shape index (κ1) is 13.6. The quantitative estimate of drug-likeness (QED) is 0.832. The van der Waals surface area contributed by atoms with E-state index in [0.29, 0.717) is 6.04 Å². The highest BCUT2D eigenvalue weighted by molar-refractivity contribution is 5.64. The molecule has 19 heavy (non-hydrogen) atoms. The third kappa shape index (κ3) is 3.80. The van der Waals surface area contributed by atoms with E-state index in [-0.39, 0.29) is 0 Å². The highest BCUT2D eigenvalue weighted by Crippen LogP contribution is 2.16. The van der Waals surface area contributed by atoms with E-state index in [4.69, 9.17) is 0 Å². The molecule has 2 aromatic rings. The first-order chi connectivity index (χ1) is 9.16. The summed E-state index contributed by atoms with van der Waals surface area (Å²) in [5.74, 6) is 0. The zero-order valence-corrected chi connectivity index (χ0v) is 11.7. The van der Waals surface area contributed by atoms with E-state index in [2.05, 4.69) is 62.1 Å². The van der Waals surface area contributed by atoms with Crippen molar-refractivity contribution in [3.63, 3.8) is 0 Å². The summed E-state index contributed by atoms with van der Waals surface area (Å²) >= 11 is 0. The lowest BCUT2D eigenvalue weighted by Gasteiger charge is -2.16. The summed E-state index contributed by atoms with van der Waals surface area (Å²) in [5, 5.41) is 3.52. The maximum absolute atomic E-state index is 4.15. The molecule has 0 radical (unpaired) electrons. The number of nitrogens with one attached hydrogen (secondary N) is 1. The summed E-state index contributed by atoms with van der Waals surface area (Å²) in [6.07, 6.45) is 0. The number of rotatable bonds is 5. The van der Waals surface area contributed by atoms with Crippen molar-refractivity contribution in [3.8, 4) is 0 Å². The van der Waals surface area contributed by atoms with Crippen LogP contribution in [0.25, 0.3) is 5.57 Å². The van der Waals surface area contributed by atoms with Crippen LogP contribution in [0.3, 0.4) is 0 Å². The lowest BCUT2D eigenvalue weighted by atomic mass is 10.0. The van der Waals surface area contributed by atoms with Gasteiger partial charge in [0.15, 0.2) is 0 Å². The van der Waals surface area contributed by atoms with Crippen molar-refractivity contribution in [2.24, 2.45) is 0 Å². The Hall–Kier alpha value is -1.86. The van der Waals surface area contributed by atoms with Crippen LogP contribution in [0.4, 0.5) is 0 Å². The number of aryl methyl sites for hydroxylation is 1. The van der Waals surface area contributed by atoms with Gasteiger partial charge in [-0.2, -0.15) is 0 Å². The first-order valence-electron chi connectivity index (χ1n) is 6.70. The molecule has 0 unspecified atom stereocenters. The highest BCUT2D eigenvalue weighted by Gasteiger charge is 2.05. The van der Waals surface area contributed by atoms with Gasteiger partial charge in [0.2, 0.25) is 0 Å². The molecule has 0 fully saturated rings. The van der Waals surface area contributed by atoms with E-state index >= 15 is 0 Å². The molecule has 1 N–H and O–H groups in total. The summed E-state index contributed by atoms with van der Waals surface area (Å²) in [6, 6.07) is 19.3. The summed E-state index contributed by atoms with van der Waals surface area (Å²) < 4.78 is 0. The van der Waals surface area contributed by atoms with Gasteiger partial charge >= 0.3 is 0 Å². The molecule has 0 aliphatic rings. The Balaban J connectivity index is 1.94. The highest BCUT2D eigenvalue weighted by atomic mass is 14.9. The van der Waals surface area contributed by atoms with Gasteiger partial charge in [-0.05, 0) is 30.5 Å². The van der Waals surface area contributed by atoms with Crippen LogP contribution in [0.15, 0.2) is 61.2 Å². The van der Waals surface area contributed by atoms with Gasteiger partial charge in [0, 0.05) is 12.6 Å². The van der Waals surface area contributed by atoms with Crippen LogP contribution in [-0.4, -0.2) is 6.54 Å². The molecule has 2 rings (SSSR count). The second-order valence-corrected chi connectivity index (χ2v) is 4.99. The molecule has 0 heterocycles. The van der Waals surface area contributed by atoms with Crippen LogP contribution in [0.2, 0.25) is 0 Å². The fourth-order valence-electron chi connectivity index (χ4n) is 2.11. The van der Waals surface area contributed by atoms with Crippen LogP contribution in [-0.2, 0) is 0 Å². The Morgan fingerprint density at radius 2 is 1.84 bits per heavy atom. The van der Waals surface area contributed by atoms with Crippen LogP contribution in [0, 0.1) is 6.92 Å². The maximum atomic E-state index is 4.15. The molecule has 0 saturated carbocycles. The van der Waals surface area contributed by atoms with Crippen molar-refractivity contribution >= 4 is 5.57 Å². The lowest BCUT2D eigenvalue weighted by Crippen LogP contribution is -2.20. The SMILES string of the molecule is C=C(CN[C@H](C)c1cccc(C)c1)c1ccccc1. The molecule has 0 aliphatic heterocycles. The average Bonchev–Trinajstić information content (AvgIpc) is 2.45. The van der Waals surface area contributed by atoms with Crippen LogP contribution in [0.5, 0.6) is 0 Å². The minimum Gasteiger partial charge on any atom is -0.306 e. The molecule has 0 spiro atoms. The molecule has 2 aromatic carbocycles. The standard InChI is InChI=1S/C18H21N/c1-14-8-7-11-18(12-14)16(3)19-13-15(2)17-9-5-4-6-10-17/h4-12,16,19H,2,13H2,1,3H3/t16-/m1/s1. The molecule has 0 bridgehead atoms. The fourth-order valence-corrected chi connectivity index (χ4v) is 2.11. The summed E-state index contributed by atoms with van der Waals surface area (Å²) in [5.41, 5.74) is 4.94. The van der Waals surface area contributed by atoms with Crippen molar-refractivity contribution in [2.45, 2.75) is 19.9 Å². The lowest BCUT2D eigenvalue weighted by molar-refractivity contribution is 0.622. The third-order valence-electron chi connectivity index (χ3n) is 3.35. The predicted octanol–water partition coefficient (Wildman–Crippen LogP) is 4.36. The minimum absolute atomic E-state index is 0.334. The van der Waals surface area contributed by atoms with Gasteiger partial charge in [-0.15, -0.1) is 0 Å². The van der Waals surface area contributed by atoms with Crippen LogP contribution < -0.4 is 5.32 Å². The molecule has 0 saturated heterocycles. The van der Waals surface area contributed by atoms with Crippen LogP contribution >= 0.6 is 0 Å². The summed E-state index contributed by atoms with van der Waals surface area (Å²) in [7, 11) is 0. The van der Waals surface area contributed by atoms with Gasteiger partial charge in [0.05, 0.1) is 0 Å². The number of hydrogen-bond acceptors (Lipinski definition) is 1. The maximum Gasteiger partial charge on any atom is 0.0295 e. The van der Waals surface area contributed by atoms with E-state index in [0.717, 1.165) is 12.1 Å². The van der Waals surface area contributed by atoms with Gasteiger partial charge < -0.3 is 5.32 Å². The largest absolute Gasteiger partial charge is 0.306 e. The summed E-state index contributed by atoms with van der Waals surface area (Å²) in [6.45, 7) is 9.26. The molecule has 0 amide bonds. The fraction of sp³-hybridized carbons (Fsp3) is 0.222. The van der Waals surface area contributed by atoms with Crippen molar-refractivity contribution in [2.75, 3.05) is 6.54 Å². The monoisotopic (exact) mass is 251 g/mol. The number of benzene rings is 2. The second-order valence-electron chi connectivity index (χ2n) is 4.99. The molecular weight excluding hydrogens is 230 g/mol. The van der Waals surface area contributed by atoms with Crippen LogP contribution in [0.1, 0.15) is 29.7 Å². The van der Waals surface area contributed by atoms with Crippen molar-refractivity contribution in [1.29, 1.82) is 0 Å². The first-order valence-corrected chi connectivity index (χ1v) is 6.70. The molecule has 98 valence electrons. The van der Waals surface area contributed by atoms with E-state index in [9.17, 15) is 0 Å². The average molecular weight is 251 g/mol. The molecule has 1 nitrogen and oxygen atoms in total. The van der Waals surface area contributed by atoms with Crippen molar-refractivity contribution in [1.82, 2.24) is 5.32 Å². The van der Waals surface area contributed by atoms with E-state index < -0.39 is 0 Å². The molecule has 1 atom stereocenters. The number of hydrogen-bond donors (Lipinski definition) is 1. The molecule has 0 aromatic heterocycles. The molecule has 0 aliphatic carbocycles. The zero-order valence-electron chi connectivity index (χ0n) is 11.7. The van der Waals surface area contributed by atoms with E-state index in [1.54, 1.807) is 0 Å². The second kappa shape index (κ2) is 6.35. The Morgan fingerprint density at radius 3 is 2.53 bits per heavy atom. The predicted molar refractivity (Wildman–Crippen MR) is 83.1 cm³/mol. The van der Waals surface area contributed by atoms with Gasteiger partial charge in [0.25, 0.3) is 0 Å². The Labute approximate surface area is 116 Å². The van der Waals surface area contributed by atoms with Gasteiger partial charge in [0.1, 0.15) is 0 Å². The van der Waals surface area contributed by atoms with Gasteiger partial charge in [-0.3, -0.25) is 0 Å². The van der Waals surface area contributed by atoms with Crippen molar-refractivity contribution < 1.29 is 0 Å². The summed E-state index contributed by atoms with van der Waals surface area (Å²) in [4.78, 5) is 0. The Bertz CT molecular complexity index is 543. The van der Waals surface area contributed by atoms with Gasteiger partial charge in [-0.25, -0.2) is 0 Å². The normalized spacial score (nSPS) is 12.1. The van der Waals surface area contributed by atoms with Crippen molar-refractivity contribution in [3.05, 3.63) is 77.9 Å². The van der Waals surface area contributed by atoms with E-state index in [1.165, 1.54) is 16.7 Å². The third-order valence-corrected chi connectivity index (χ3v) is 3.35. The Kier molecular flexibility index (Phi) is 4.53. The molecular formula is C18H21N. The zero-order chi connectivity index (χ0) is 13.7. The Morgan fingerprint density at radius 1 is 1.11 bits per heavy atom. The minimum atomic E-state index is 0.334. The molecule has 1 heteroatoms. The van der Waals surface area contributed by atoms with Gasteiger partial charge in [-0.1, -0.05) is 66.7 Å². The smallest absolute Gasteiger partial charge is 0.0295 e.